The number of anilines is 1. The Morgan fingerprint density at radius 3 is 2.61 bits per heavy atom. The molecular weight excluding hydrogens is 294 g/mol. The number of amides is 2. The summed E-state index contributed by atoms with van der Waals surface area (Å²) in [5.41, 5.74) is 5.84. The maximum atomic E-state index is 11.9. The summed E-state index contributed by atoms with van der Waals surface area (Å²) in [7, 11) is 0. The SMILES string of the molecule is CC(C)CNC(=O)CN1CCN(c2ncccc2C(N)=O)CC1. The Bertz CT molecular complexity index is 553. The lowest BCUT2D eigenvalue weighted by atomic mass is 10.2. The van der Waals surface area contributed by atoms with Crippen LogP contribution in [0.4, 0.5) is 5.82 Å². The average molecular weight is 319 g/mol. The van der Waals surface area contributed by atoms with Crippen molar-refractivity contribution in [3.8, 4) is 0 Å². The number of aromatic nitrogens is 1. The highest BCUT2D eigenvalue weighted by molar-refractivity contribution is 5.97. The van der Waals surface area contributed by atoms with Gasteiger partial charge in [-0.25, -0.2) is 4.98 Å². The zero-order valence-corrected chi connectivity index (χ0v) is 13.8. The molecule has 0 saturated carbocycles. The molecule has 23 heavy (non-hydrogen) atoms. The Balaban J connectivity index is 1.87. The van der Waals surface area contributed by atoms with Crippen LogP contribution in [0.15, 0.2) is 18.3 Å². The van der Waals surface area contributed by atoms with Gasteiger partial charge in [0.25, 0.3) is 5.91 Å². The number of primary amides is 1. The number of piperazine rings is 1. The first-order chi connectivity index (χ1) is 11.0. The van der Waals surface area contributed by atoms with Crippen LogP contribution in [0.3, 0.4) is 0 Å². The van der Waals surface area contributed by atoms with Crippen LogP contribution in [0.2, 0.25) is 0 Å². The molecule has 3 N–H and O–H groups in total. The summed E-state index contributed by atoms with van der Waals surface area (Å²) in [5, 5.41) is 2.93. The van der Waals surface area contributed by atoms with E-state index >= 15 is 0 Å². The minimum atomic E-state index is -0.469. The molecule has 0 bridgehead atoms. The lowest BCUT2D eigenvalue weighted by Gasteiger charge is -2.35. The second kappa shape index (κ2) is 7.92. The number of nitrogens with zero attached hydrogens (tertiary/aromatic N) is 3. The van der Waals surface area contributed by atoms with E-state index in [1.807, 2.05) is 4.90 Å². The largest absolute Gasteiger partial charge is 0.365 e. The number of rotatable bonds is 6. The molecule has 0 aliphatic carbocycles. The number of hydrogen-bond acceptors (Lipinski definition) is 5. The van der Waals surface area contributed by atoms with Crippen LogP contribution >= 0.6 is 0 Å². The highest BCUT2D eigenvalue weighted by Gasteiger charge is 2.22. The van der Waals surface area contributed by atoms with E-state index in [1.165, 1.54) is 0 Å². The standard InChI is InChI=1S/C16H25N5O2/c1-12(2)10-19-14(22)11-20-6-8-21(9-7-20)16-13(15(17)23)4-3-5-18-16/h3-5,12H,6-11H2,1-2H3,(H2,17,23)(H,19,22). The van der Waals surface area contributed by atoms with Gasteiger partial charge < -0.3 is 16.0 Å². The molecule has 1 aliphatic rings. The van der Waals surface area contributed by atoms with Crippen LogP contribution in [-0.4, -0.2) is 61.0 Å². The number of carbonyl (C=O) groups is 2. The van der Waals surface area contributed by atoms with Gasteiger partial charge in [-0.05, 0) is 18.1 Å². The fourth-order valence-corrected chi connectivity index (χ4v) is 2.54. The van der Waals surface area contributed by atoms with Crippen molar-refractivity contribution in [2.45, 2.75) is 13.8 Å². The molecule has 1 aromatic heterocycles. The van der Waals surface area contributed by atoms with E-state index < -0.39 is 5.91 Å². The Kier molecular flexibility index (Phi) is 5.92. The Morgan fingerprint density at radius 1 is 1.30 bits per heavy atom. The van der Waals surface area contributed by atoms with Gasteiger partial charge in [0.1, 0.15) is 5.82 Å². The molecule has 1 saturated heterocycles. The molecule has 2 amide bonds. The molecule has 7 nitrogen and oxygen atoms in total. The van der Waals surface area contributed by atoms with Gasteiger partial charge in [-0.15, -0.1) is 0 Å². The fraction of sp³-hybridized carbons (Fsp3) is 0.562. The zero-order valence-electron chi connectivity index (χ0n) is 13.8. The maximum Gasteiger partial charge on any atom is 0.252 e. The van der Waals surface area contributed by atoms with Gasteiger partial charge in [-0.1, -0.05) is 13.8 Å². The summed E-state index contributed by atoms with van der Waals surface area (Å²) in [5.74, 6) is 0.669. The molecule has 0 aromatic carbocycles. The number of nitrogens with two attached hydrogens (primary N) is 1. The second-order valence-electron chi connectivity index (χ2n) is 6.20. The van der Waals surface area contributed by atoms with Gasteiger partial charge in [-0.2, -0.15) is 0 Å². The van der Waals surface area contributed by atoms with E-state index in [0.717, 1.165) is 26.2 Å². The first-order valence-electron chi connectivity index (χ1n) is 7.96. The molecule has 1 aliphatic heterocycles. The van der Waals surface area contributed by atoms with E-state index in [9.17, 15) is 9.59 Å². The number of pyridine rings is 1. The molecule has 0 unspecified atom stereocenters. The van der Waals surface area contributed by atoms with E-state index in [-0.39, 0.29) is 5.91 Å². The van der Waals surface area contributed by atoms with Crippen LogP contribution in [0.25, 0.3) is 0 Å². The third-order valence-corrected chi connectivity index (χ3v) is 3.80. The van der Waals surface area contributed by atoms with Crippen molar-refractivity contribution in [1.82, 2.24) is 15.2 Å². The summed E-state index contributed by atoms with van der Waals surface area (Å²) < 4.78 is 0. The van der Waals surface area contributed by atoms with Crippen molar-refractivity contribution in [2.24, 2.45) is 11.7 Å². The van der Waals surface area contributed by atoms with Crippen molar-refractivity contribution in [3.63, 3.8) is 0 Å². The van der Waals surface area contributed by atoms with Gasteiger partial charge in [0.05, 0.1) is 12.1 Å². The normalized spacial score (nSPS) is 15.7. The Labute approximate surface area is 136 Å². The first-order valence-corrected chi connectivity index (χ1v) is 7.96. The summed E-state index contributed by atoms with van der Waals surface area (Å²) in [6.07, 6.45) is 1.66. The van der Waals surface area contributed by atoms with E-state index in [4.69, 9.17) is 5.73 Å². The molecule has 126 valence electrons. The Morgan fingerprint density at radius 2 is 2.00 bits per heavy atom. The monoisotopic (exact) mass is 319 g/mol. The lowest BCUT2D eigenvalue weighted by Crippen LogP contribution is -2.50. The van der Waals surface area contributed by atoms with Crippen molar-refractivity contribution in [3.05, 3.63) is 23.9 Å². The summed E-state index contributed by atoms with van der Waals surface area (Å²) in [6, 6.07) is 3.40. The van der Waals surface area contributed by atoms with Gasteiger partial charge >= 0.3 is 0 Å². The van der Waals surface area contributed by atoms with Crippen LogP contribution in [-0.2, 0) is 4.79 Å². The predicted molar refractivity (Wildman–Crippen MR) is 89.3 cm³/mol. The molecule has 1 fully saturated rings. The fourth-order valence-electron chi connectivity index (χ4n) is 2.54. The third kappa shape index (κ3) is 4.92. The van der Waals surface area contributed by atoms with E-state index in [1.54, 1.807) is 18.3 Å². The number of nitrogens with one attached hydrogen (secondary N) is 1. The number of hydrogen-bond donors (Lipinski definition) is 2. The molecule has 2 heterocycles. The topological polar surface area (TPSA) is 91.6 Å². The highest BCUT2D eigenvalue weighted by Crippen LogP contribution is 2.18. The van der Waals surface area contributed by atoms with Crippen LogP contribution in [0.1, 0.15) is 24.2 Å². The van der Waals surface area contributed by atoms with Crippen molar-refractivity contribution in [1.29, 1.82) is 0 Å². The predicted octanol–water partition coefficient (Wildman–Crippen LogP) is 0.0747. The molecule has 2 rings (SSSR count). The Hall–Kier alpha value is -2.15. The third-order valence-electron chi connectivity index (χ3n) is 3.80. The molecule has 1 aromatic rings. The van der Waals surface area contributed by atoms with Gasteiger partial charge in [0.2, 0.25) is 5.91 Å². The molecule has 0 radical (unpaired) electrons. The molecule has 0 atom stereocenters. The van der Waals surface area contributed by atoms with Gasteiger partial charge in [-0.3, -0.25) is 14.5 Å². The molecule has 7 heteroatoms. The summed E-state index contributed by atoms with van der Waals surface area (Å²) >= 11 is 0. The quantitative estimate of drug-likeness (QED) is 0.774. The van der Waals surface area contributed by atoms with Gasteiger partial charge in [0, 0.05) is 38.9 Å². The minimum absolute atomic E-state index is 0.0582. The molecule has 0 spiro atoms. The van der Waals surface area contributed by atoms with E-state index in [0.29, 0.717) is 30.4 Å². The second-order valence-corrected chi connectivity index (χ2v) is 6.20. The summed E-state index contributed by atoms with van der Waals surface area (Å²) in [4.78, 5) is 31.8. The lowest BCUT2D eigenvalue weighted by molar-refractivity contribution is -0.122. The minimum Gasteiger partial charge on any atom is -0.365 e. The van der Waals surface area contributed by atoms with Crippen molar-refractivity contribution >= 4 is 17.6 Å². The van der Waals surface area contributed by atoms with Gasteiger partial charge in [0.15, 0.2) is 0 Å². The highest BCUT2D eigenvalue weighted by atomic mass is 16.2. The first kappa shape index (κ1) is 17.2. The smallest absolute Gasteiger partial charge is 0.252 e. The number of carbonyl (C=O) groups excluding carboxylic acids is 2. The van der Waals surface area contributed by atoms with E-state index in [2.05, 4.69) is 29.0 Å². The maximum absolute atomic E-state index is 11.9. The van der Waals surface area contributed by atoms with Crippen molar-refractivity contribution < 1.29 is 9.59 Å². The van der Waals surface area contributed by atoms with Crippen molar-refractivity contribution in [2.75, 3.05) is 44.2 Å². The van der Waals surface area contributed by atoms with Crippen LogP contribution in [0, 0.1) is 5.92 Å². The molecular formula is C16H25N5O2. The summed E-state index contributed by atoms with van der Waals surface area (Å²) in [6.45, 7) is 8.20. The van der Waals surface area contributed by atoms with Crippen LogP contribution < -0.4 is 16.0 Å². The zero-order chi connectivity index (χ0) is 16.8. The van der Waals surface area contributed by atoms with Crippen LogP contribution in [0.5, 0.6) is 0 Å². The average Bonchev–Trinajstić information content (AvgIpc) is 2.53.